The summed E-state index contributed by atoms with van der Waals surface area (Å²) in [6.07, 6.45) is 10.1. The predicted molar refractivity (Wildman–Crippen MR) is 123 cm³/mol. The molecule has 1 aliphatic carbocycles. The van der Waals surface area contributed by atoms with E-state index in [0.29, 0.717) is 13.1 Å². The number of carbonyl (C=O) groups excluding carboxylic acids is 1. The molecule has 0 atom stereocenters. The van der Waals surface area contributed by atoms with E-state index in [-0.39, 0.29) is 11.4 Å². The van der Waals surface area contributed by atoms with E-state index >= 15 is 0 Å². The van der Waals surface area contributed by atoms with Crippen LogP contribution in [-0.4, -0.2) is 94.8 Å². The second-order valence-electron chi connectivity index (χ2n) is 8.62. The van der Waals surface area contributed by atoms with Gasteiger partial charge in [-0.05, 0) is 12.8 Å². The summed E-state index contributed by atoms with van der Waals surface area (Å²) in [5.74, 6) is 3.42. The molecule has 9 heteroatoms. The van der Waals surface area contributed by atoms with Gasteiger partial charge < -0.3 is 15.1 Å². The van der Waals surface area contributed by atoms with Gasteiger partial charge in [0.15, 0.2) is 5.96 Å². The maximum atomic E-state index is 12.8. The molecule has 0 aromatic carbocycles. The number of aliphatic imine (C=N–C) groups is 1. The number of guanidine groups is 1. The van der Waals surface area contributed by atoms with Gasteiger partial charge in [-0.2, -0.15) is 16.9 Å². The molecule has 3 heterocycles. The zero-order valence-corrected chi connectivity index (χ0v) is 19.2. The summed E-state index contributed by atoms with van der Waals surface area (Å²) in [7, 11) is 3.70. The van der Waals surface area contributed by atoms with Crippen molar-refractivity contribution in [2.45, 2.75) is 37.6 Å². The number of anilines is 1. The highest BCUT2D eigenvalue weighted by atomic mass is 32.2. The zero-order chi connectivity index (χ0) is 21.0. The third-order valence-corrected chi connectivity index (χ3v) is 7.72. The van der Waals surface area contributed by atoms with E-state index in [1.165, 1.54) is 56.7 Å². The molecule has 1 saturated carbocycles. The van der Waals surface area contributed by atoms with Crippen LogP contribution in [0, 0.1) is 0 Å². The molecule has 0 spiro atoms. The molecular formula is C21H35N7OS. The molecule has 1 aromatic heterocycles. The third-order valence-electron chi connectivity index (χ3n) is 6.78. The van der Waals surface area contributed by atoms with Crippen molar-refractivity contribution in [2.24, 2.45) is 12.0 Å². The molecule has 3 aliphatic rings. The van der Waals surface area contributed by atoms with Gasteiger partial charge in [-0.3, -0.25) is 19.4 Å². The summed E-state index contributed by atoms with van der Waals surface area (Å²) in [5.41, 5.74) is 1.10. The largest absolute Gasteiger partial charge is 0.354 e. The highest BCUT2D eigenvalue weighted by Gasteiger charge is 2.39. The van der Waals surface area contributed by atoms with Gasteiger partial charge in [-0.25, -0.2) is 0 Å². The number of nitrogens with zero attached hydrogens (tertiary/aromatic N) is 6. The van der Waals surface area contributed by atoms with Crippen LogP contribution in [0.25, 0.3) is 0 Å². The molecule has 2 saturated heterocycles. The van der Waals surface area contributed by atoms with Crippen LogP contribution >= 0.6 is 11.8 Å². The van der Waals surface area contributed by atoms with Crippen LogP contribution in [0.15, 0.2) is 17.4 Å². The minimum absolute atomic E-state index is 0.0950. The van der Waals surface area contributed by atoms with Crippen LogP contribution < -0.4 is 10.2 Å². The van der Waals surface area contributed by atoms with Gasteiger partial charge in [0.25, 0.3) is 0 Å². The van der Waals surface area contributed by atoms with Crippen LogP contribution in [0.3, 0.4) is 0 Å². The Kier molecular flexibility index (Phi) is 6.87. The minimum Gasteiger partial charge on any atom is -0.354 e. The Balaban J connectivity index is 1.38. The summed E-state index contributed by atoms with van der Waals surface area (Å²) in [4.78, 5) is 24.0. The smallest absolute Gasteiger partial charge is 0.246 e. The molecular weight excluding hydrogens is 398 g/mol. The first kappa shape index (κ1) is 21.5. The number of nitrogens with one attached hydrogen (secondary N) is 1. The first-order chi connectivity index (χ1) is 14.6. The van der Waals surface area contributed by atoms with E-state index in [1.807, 2.05) is 25.2 Å². The number of carbonyl (C=O) groups is 1. The molecule has 1 N–H and O–H groups in total. The van der Waals surface area contributed by atoms with Crippen molar-refractivity contribution >= 4 is 29.3 Å². The van der Waals surface area contributed by atoms with Gasteiger partial charge in [0, 0.05) is 70.1 Å². The normalized spacial score (nSPS) is 23.7. The van der Waals surface area contributed by atoms with E-state index in [9.17, 15) is 4.79 Å². The third kappa shape index (κ3) is 4.61. The lowest BCUT2D eigenvalue weighted by atomic mass is 9.80. The lowest BCUT2D eigenvalue weighted by Gasteiger charge is -2.48. The number of amides is 1. The lowest BCUT2D eigenvalue weighted by molar-refractivity contribution is -0.120. The molecule has 1 aromatic rings. The summed E-state index contributed by atoms with van der Waals surface area (Å²) < 4.78 is 1.73. The van der Waals surface area contributed by atoms with Crippen molar-refractivity contribution in [1.82, 2.24) is 24.9 Å². The summed E-state index contributed by atoms with van der Waals surface area (Å²) in [5, 5.41) is 7.86. The highest BCUT2D eigenvalue weighted by molar-refractivity contribution is 7.99. The average Bonchev–Trinajstić information content (AvgIpc) is 3.21. The van der Waals surface area contributed by atoms with Gasteiger partial charge in [0.05, 0.1) is 11.9 Å². The SMILES string of the molecule is CN=C(NCC1(N2CCSCC2)CCCCC1)N1CCN(c2cnn(C)c2)C(=O)C1. The van der Waals surface area contributed by atoms with E-state index < -0.39 is 0 Å². The molecule has 2 aliphatic heterocycles. The Hall–Kier alpha value is -1.74. The van der Waals surface area contributed by atoms with Crippen molar-refractivity contribution < 1.29 is 4.79 Å². The molecule has 166 valence electrons. The van der Waals surface area contributed by atoms with E-state index in [1.54, 1.807) is 10.9 Å². The average molecular weight is 434 g/mol. The Morgan fingerprint density at radius 3 is 2.60 bits per heavy atom. The Morgan fingerprint density at radius 1 is 1.20 bits per heavy atom. The van der Waals surface area contributed by atoms with Crippen LogP contribution in [0.5, 0.6) is 0 Å². The fourth-order valence-corrected chi connectivity index (χ4v) is 6.01. The van der Waals surface area contributed by atoms with E-state index in [0.717, 1.165) is 24.7 Å². The first-order valence-corrected chi connectivity index (χ1v) is 12.3. The molecule has 8 nitrogen and oxygen atoms in total. The Morgan fingerprint density at radius 2 is 1.97 bits per heavy atom. The van der Waals surface area contributed by atoms with Gasteiger partial charge in [-0.1, -0.05) is 19.3 Å². The van der Waals surface area contributed by atoms with Gasteiger partial charge in [-0.15, -0.1) is 0 Å². The van der Waals surface area contributed by atoms with Gasteiger partial charge >= 0.3 is 0 Å². The van der Waals surface area contributed by atoms with Crippen LogP contribution in [0.1, 0.15) is 32.1 Å². The van der Waals surface area contributed by atoms with Crippen LogP contribution in [0.2, 0.25) is 0 Å². The second-order valence-corrected chi connectivity index (χ2v) is 9.85. The number of hydrogen-bond acceptors (Lipinski definition) is 5. The van der Waals surface area contributed by atoms with Crippen molar-refractivity contribution in [1.29, 1.82) is 0 Å². The summed E-state index contributed by atoms with van der Waals surface area (Å²) in [6, 6.07) is 0. The Labute approximate surface area is 184 Å². The molecule has 0 bridgehead atoms. The molecule has 0 radical (unpaired) electrons. The van der Waals surface area contributed by atoms with Crippen LogP contribution in [0.4, 0.5) is 5.69 Å². The highest BCUT2D eigenvalue weighted by Crippen LogP contribution is 2.35. The zero-order valence-electron chi connectivity index (χ0n) is 18.3. The van der Waals surface area contributed by atoms with Crippen molar-refractivity contribution in [2.75, 3.05) is 62.7 Å². The molecule has 1 amide bonds. The fraction of sp³-hybridized carbons (Fsp3) is 0.762. The van der Waals surface area contributed by atoms with Crippen molar-refractivity contribution in [3.8, 4) is 0 Å². The minimum atomic E-state index is 0.0950. The van der Waals surface area contributed by atoms with Gasteiger partial charge in [0.1, 0.15) is 6.54 Å². The number of aryl methyl sites for hydroxylation is 1. The monoisotopic (exact) mass is 433 g/mol. The first-order valence-electron chi connectivity index (χ1n) is 11.2. The number of rotatable bonds is 4. The van der Waals surface area contributed by atoms with Crippen molar-refractivity contribution in [3.63, 3.8) is 0 Å². The Bertz CT molecular complexity index is 752. The van der Waals surface area contributed by atoms with E-state index in [4.69, 9.17) is 0 Å². The maximum absolute atomic E-state index is 12.8. The molecule has 30 heavy (non-hydrogen) atoms. The quantitative estimate of drug-likeness (QED) is 0.572. The number of aromatic nitrogens is 2. The number of piperazine rings is 1. The number of thioether (sulfide) groups is 1. The topological polar surface area (TPSA) is 69.0 Å². The lowest BCUT2D eigenvalue weighted by Crippen LogP contribution is -2.61. The molecule has 0 unspecified atom stereocenters. The predicted octanol–water partition coefficient (Wildman–Crippen LogP) is 1.40. The molecule has 3 fully saturated rings. The van der Waals surface area contributed by atoms with E-state index in [2.05, 4.69) is 37.0 Å². The maximum Gasteiger partial charge on any atom is 0.246 e. The van der Waals surface area contributed by atoms with Gasteiger partial charge in [0.2, 0.25) is 5.91 Å². The summed E-state index contributed by atoms with van der Waals surface area (Å²) in [6.45, 7) is 5.07. The fourth-order valence-electron chi connectivity index (χ4n) is 5.10. The molecule has 4 rings (SSSR count). The van der Waals surface area contributed by atoms with Crippen molar-refractivity contribution in [3.05, 3.63) is 12.4 Å². The standard InChI is InChI=1S/C21H35N7OS/c1-22-20(26-8-9-28(19(29)16-26)18-14-24-25(2)15-18)23-17-21(6-4-3-5-7-21)27-10-12-30-13-11-27/h14-15H,3-13,16-17H2,1-2H3,(H,22,23). The second kappa shape index (κ2) is 9.60. The number of hydrogen-bond donors (Lipinski definition) is 1. The van der Waals surface area contributed by atoms with Crippen LogP contribution in [-0.2, 0) is 11.8 Å². The summed E-state index contributed by atoms with van der Waals surface area (Å²) >= 11 is 2.07.